The van der Waals surface area contributed by atoms with Crippen LogP contribution < -0.4 is 4.74 Å². The minimum atomic E-state index is -0.300. The highest BCUT2D eigenvalue weighted by atomic mass is 79.9. The van der Waals surface area contributed by atoms with Crippen molar-refractivity contribution in [1.82, 2.24) is 0 Å². The molecule has 1 unspecified atom stereocenters. The van der Waals surface area contributed by atoms with Crippen LogP contribution in [0, 0.1) is 0 Å². The van der Waals surface area contributed by atoms with E-state index in [4.69, 9.17) is 9.47 Å². The van der Waals surface area contributed by atoms with E-state index in [1.807, 2.05) is 12.1 Å². The quantitative estimate of drug-likeness (QED) is 0.739. The van der Waals surface area contributed by atoms with E-state index in [0.29, 0.717) is 6.61 Å². The number of hydrogen-bond donors (Lipinski definition) is 0. The molecule has 0 radical (unpaired) electrons. The summed E-state index contributed by atoms with van der Waals surface area (Å²) in [5.41, 5.74) is 0.895. The second-order valence-corrected chi connectivity index (χ2v) is 4.99. The van der Waals surface area contributed by atoms with Crippen molar-refractivity contribution < 1.29 is 14.3 Å². The lowest BCUT2D eigenvalue weighted by molar-refractivity contribution is -0.147. The van der Waals surface area contributed by atoms with Crippen molar-refractivity contribution in [3.05, 3.63) is 26.6 Å². The first-order chi connectivity index (χ1) is 7.08. The Morgan fingerprint density at radius 3 is 2.93 bits per heavy atom. The molecule has 80 valence electrons. The second-order valence-electron chi connectivity index (χ2n) is 3.22. The Bertz CT molecular complexity index is 417. The normalized spacial score (nSPS) is 18.2. The molecule has 0 aliphatic carbocycles. The summed E-state index contributed by atoms with van der Waals surface area (Å²) in [6, 6.07) is 3.80. The third-order valence-electron chi connectivity index (χ3n) is 2.07. The standard InChI is InChI=1S/C10H8Br2O3/c1-5(13)15-9-4-14-10-7(9)2-6(11)3-8(10)12/h2-3,9H,4H2,1H3. The fourth-order valence-corrected chi connectivity index (χ4v) is 2.89. The molecule has 1 aromatic rings. The van der Waals surface area contributed by atoms with Crippen molar-refractivity contribution >= 4 is 37.8 Å². The number of rotatable bonds is 1. The van der Waals surface area contributed by atoms with Gasteiger partial charge in [-0.15, -0.1) is 0 Å². The summed E-state index contributed by atoms with van der Waals surface area (Å²) in [7, 11) is 0. The monoisotopic (exact) mass is 334 g/mol. The summed E-state index contributed by atoms with van der Waals surface area (Å²) in [5, 5.41) is 0. The predicted octanol–water partition coefficient (Wildman–Crippen LogP) is 3.21. The average molecular weight is 336 g/mol. The molecule has 0 saturated carbocycles. The van der Waals surface area contributed by atoms with Crippen LogP contribution in [0.3, 0.4) is 0 Å². The lowest BCUT2D eigenvalue weighted by Gasteiger charge is -2.09. The van der Waals surface area contributed by atoms with E-state index >= 15 is 0 Å². The highest BCUT2D eigenvalue weighted by molar-refractivity contribution is 9.11. The number of ether oxygens (including phenoxy) is 2. The third kappa shape index (κ3) is 2.18. The van der Waals surface area contributed by atoms with E-state index in [9.17, 15) is 4.79 Å². The topological polar surface area (TPSA) is 35.5 Å². The van der Waals surface area contributed by atoms with Crippen molar-refractivity contribution in [2.45, 2.75) is 13.0 Å². The number of esters is 1. The third-order valence-corrected chi connectivity index (χ3v) is 3.12. The Morgan fingerprint density at radius 1 is 1.53 bits per heavy atom. The van der Waals surface area contributed by atoms with Crippen LogP contribution in [0.1, 0.15) is 18.6 Å². The van der Waals surface area contributed by atoms with Gasteiger partial charge in [0.25, 0.3) is 0 Å². The lowest BCUT2D eigenvalue weighted by atomic mass is 10.1. The summed E-state index contributed by atoms with van der Waals surface area (Å²) in [4.78, 5) is 10.9. The SMILES string of the molecule is CC(=O)OC1COc2c(Br)cc(Br)cc21. The summed E-state index contributed by atoms with van der Waals surface area (Å²) < 4.78 is 12.4. The molecule has 0 saturated heterocycles. The van der Waals surface area contributed by atoms with Crippen molar-refractivity contribution in [3.63, 3.8) is 0 Å². The molecule has 0 amide bonds. The Hall–Kier alpha value is -0.550. The van der Waals surface area contributed by atoms with E-state index in [0.717, 1.165) is 20.3 Å². The first-order valence-corrected chi connectivity index (χ1v) is 5.95. The number of halogens is 2. The molecule has 15 heavy (non-hydrogen) atoms. The zero-order valence-corrected chi connectivity index (χ0v) is 11.1. The van der Waals surface area contributed by atoms with Crippen LogP contribution in [0.4, 0.5) is 0 Å². The van der Waals surface area contributed by atoms with Gasteiger partial charge in [-0.25, -0.2) is 0 Å². The van der Waals surface area contributed by atoms with Gasteiger partial charge < -0.3 is 9.47 Å². The molecule has 2 rings (SSSR count). The second kappa shape index (κ2) is 4.14. The molecular weight excluding hydrogens is 328 g/mol. The molecule has 0 bridgehead atoms. The Labute approximate surface area is 104 Å². The van der Waals surface area contributed by atoms with Crippen LogP contribution in [-0.4, -0.2) is 12.6 Å². The fourth-order valence-electron chi connectivity index (χ4n) is 1.52. The smallest absolute Gasteiger partial charge is 0.303 e. The van der Waals surface area contributed by atoms with E-state index in [1.54, 1.807) is 0 Å². The van der Waals surface area contributed by atoms with E-state index in [2.05, 4.69) is 31.9 Å². The van der Waals surface area contributed by atoms with Crippen molar-refractivity contribution in [1.29, 1.82) is 0 Å². The molecule has 3 nitrogen and oxygen atoms in total. The van der Waals surface area contributed by atoms with Crippen molar-refractivity contribution in [2.24, 2.45) is 0 Å². The van der Waals surface area contributed by atoms with Crippen LogP contribution in [0.25, 0.3) is 0 Å². The number of carbonyl (C=O) groups excluding carboxylic acids is 1. The highest BCUT2D eigenvalue weighted by Gasteiger charge is 2.28. The van der Waals surface area contributed by atoms with Crippen LogP contribution in [-0.2, 0) is 9.53 Å². The van der Waals surface area contributed by atoms with Gasteiger partial charge in [0.15, 0.2) is 6.10 Å². The van der Waals surface area contributed by atoms with Gasteiger partial charge in [0.2, 0.25) is 0 Å². The molecule has 0 aromatic heterocycles. The zero-order chi connectivity index (χ0) is 11.0. The van der Waals surface area contributed by atoms with Gasteiger partial charge in [-0.05, 0) is 28.1 Å². The largest absolute Gasteiger partial charge is 0.488 e. The van der Waals surface area contributed by atoms with Crippen molar-refractivity contribution in [3.8, 4) is 5.75 Å². The average Bonchev–Trinajstić information content (AvgIpc) is 2.48. The van der Waals surface area contributed by atoms with Gasteiger partial charge in [0, 0.05) is 17.0 Å². The van der Waals surface area contributed by atoms with Crippen LogP contribution >= 0.6 is 31.9 Å². The molecule has 0 fully saturated rings. The number of fused-ring (bicyclic) bond motifs is 1. The van der Waals surface area contributed by atoms with Gasteiger partial charge in [0.05, 0.1) is 4.47 Å². The predicted molar refractivity (Wildman–Crippen MR) is 61.8 cm³/mol. The van der Waals surface area contributed by atoms with Crippen LogP contribution in [0.5, 0.6) is 5.75 Å². The summed E-state index contributed by atoms with van der Waals surface area (Å²) in [6.07, 6.45) is -0.300. The first kappa shape index (κ1) is 11.0. The summed E-state index contributed by atoms with van der Waals surface area (Å²) >= 11 is 6.78. The molecule has 1 aliphatic heterocycles. The van der Waals surface area contributed by atoms with Gasteiger partial charge in [-0.3, -0.25) is 4.79 Å². The summed E-state index contributed by atoms with van der Waals surface area (Å²) in [6.45, 7) is 1.77. The van der Waals surface area contributed by atoms with Crippen LogP contribution in [0.2, 0.25) is 0 Å². The minimum Gasteiger partial charge on any atom is -0.488 e. The minimum absolute atomic E-state index is 0.299. The van der Waals surface area contributed by atoms with Gasteiger partial charge in [-0.2, -0.15) is 0 Å². The maximum Gasteiger partial charge on any atom is 0.303 e. The van der Waals surface area contributed by atoms with E-state index < -0.39 is 0 Å². The number of hydrogen-bond acceptors (Lipinski definition) is 3. The van der Waals surface area contributed by atoms with E-state index in [1.165, 1.54) is 6.92 Å². The van der Waals surface area contributed by atoms with Gasteiger partial charge >= 0.3 is 5.97 Å². The molecular formula is C10H8Br2O3. The molecule has 5 heteroatoms. The first-order valence-electron chi connectivity index (χ1n) is 4.37. The molecule has 1 aromatic carbocycles. The maximum absolute atomic E-state index is 10.9. The number of benzene rings is 1. The Kier molecular flexibility index (Phi) is 3.02. The zero-order valence-electron chi connectivity index (χ0n) is 7.92. The molecule has 0 spiro atoms. The van der Waals surface area contributed by atoms with E-state index in [-0.39, 0.29) is 12.1 Å². The fraction of sp³-hybridized carbons (Fsp3) is 0.300. The summed E-state index contributed by atoms with van der Waals surface area (Å²) in [5.74, 6) is 0.456. The van der Waals surface area contributed by atoms with Crippen LogP contribution in [0.15, 0.2) is 21.1 Å². The number of carbonyl (C=O) groups is 1. The lowest BCUT2D eigenvalue weighted by Crippen LogP contribution is -2.09. The Morgan fingerprint density at radius 2 is 2.27 bits per heavy atom. The molecule has 1 aliphatic rings. The maximum atomic E-state index is 10.9. The molecule has 1 heterocycles. The molecule has 1 atom stereocenters. The van der Waals surface area contributed by atoms with Gasteiger partial charge in [-0.1, -0.05) is 15.9 Å². The Balaban J connectivity index is 2.37. The van der Waals surface area contributed by atoms with Crippen molar-refractivity contribution in [2.75, 3.05) is 6.61 Å². The molecule has 0 N–H and O–H groups in total. The van der Waals surface area contributed by atoms with Gasteiger partial charge in [0.1, 0.15) is 12.4 Å². The highest BCUT2D eigenvalue weighted by Crippen LogP contribution is 2.42.